The van der Waals surface area contributed by atoms with E-state index in [2.05, 4.69) is 20.8 Å². The fraction of sp³-hybridized carbons (Fsp3) is 0.200. The number of thioether (sulfide) groups is 1. The van der Waals surface area contributed by atoms with Gasteiger partial charge in [0.05, 0.1) is 22.2 Å². The van der Waals surface area contributed by atoms with Gasteiger partial charge in [-0.25, -0.2) is 0 Å². The van der Waals surface area contributed by atoms with Gasteiger partial charge in [-0.2, -0.15) is 0 Å². The van der Waals surface area contributed by atoms with E-state index in [1.165, 1.54) is 11.8 Å². The van der Waals surface area contributed by atoms with Gasteiger partial charge in [0.15, 0.2) is 5.16 Å². The minimum atomic E-state index is -0.222. The highest BCUT2D eigenvalue weighted by atomic mass is 35.5. The van der Waals surface area contributed by atoms with Gasteiger partial charge < -0.3 is 15.2 Å². The van der Waals surface area contributed by atoms with Gasteiger partial charge in [0.2, 0.25) is 11.8 Å². The number of amides is 2. The number of anilines is 2. The van der Waals surface area contributed by atoms with Crippen LogP contribution in [0.15, 0.2) is 47.6 Å². The predicted octanol–water partition coefficient (Wildman–Crippen LogP) is 4.34. The van der Waals surface area contributed by atoms with Crippen LogP contribution in [0.25, 0.3) is 0 Å². The van der Waals surface area contributed by atoms with Crippen LogP contribution in [0, 0.1) is 6.92 Å². The van der Waals surface area contributed by atoms with Crippen molar-refractivity contribution in [3.63, 3.8) is 0 Å². The zero-order valence-electron chi connectivity index (χ0n) is 16.3. The number of halogens is 2. The second-order valence-corrected chi connectivity index (χ2v) is 8.27. The average Bonchev–Trinajstić information content (AvgIpc) is 3.04. The van der Waals surface area contributed by atoms with E-state index in [1.54, 1.807) is 29.8 Å². The molecule has 0 aliphatic carbocycles. The molecule has 1 aromatic heterocycles. The molecule has 0 saturated heterocycles. The van der Waals surface area contributed by atoms with Crippen molar-refractivity contribution in [2.75, 3.05) is 16.4 Å². The topological polar surface area (TPSA) is 88.9 Å². The number of aromatic nitrogens is 3. The van der Waals surface area contributed by atoms with Crippen LogP contribution in [0.5, 0.6) is 0 Å². The molecule has 0 fully saturated rings. The molecule has 156 valence electrons. The van der Waals surface area contributed by atoms with Gasteiger partial charge in [0.1, 0.15) is 5.82 Å². The Morgan fingerprint density at radius 1 is 0.967 bits per heavy atom. The molecule has 0 unspecified atom stereocenters. The fourth-order valence-corrected chi connectivity index (χ4v) is 3.54. The SMILES string of the molecule is Cc1ccc(NC(=O)Cc2nnc(SCC(=O)Nc3ccc(Cl)c(Cl)c3)n2C)cc1. The van der Waals surface area contributed by atoms with E-state index in [4.69, 9.17) is 23.2 Å². The fourth-order valence-electron chi connectivity index (χ4n) is 2.51. The van der Waals surface area contributed by atoms with Crippen LogP contribution in [0.2, 0.25) is 10.0 Å². The predicted molar refractivity (Wildman–Crippen MR) is 120 cm³/mol. The standard InChI is InChI=1S/C20H19Cl2N5O2S/c1-12-3-5-13(6-4-12)23-18(28)10-17-25-26-20(27(17)2)30-11-19(29)24-14-7-8-15(21)16(22)9-14/h3-9H,10-11H2,1-2H3,(H,23,28)(H,24,29). The molecule has 3 rings (SSSR count). The molecule has 3 aromatic rings. The Morgan fingerprint density at radius 3 is 2.33 bits per heavy atom. The van der Waals surface area contributed by atoms with Crippen LogP contribution < -0.4 is 10.6 Å². The number of benzene rings is 2. The van der Waals surface area contributed by atoms with Gasteiger partial charge in [-0.15, -0.1) is 10.2 Å². The Kier molecular flexibility index (Phi) is 7.36. The van der Waals surface area contributed by atoms with Gasteiger partial charge >= 0.3 is 0 Å². The van der Waals surface area contributed by atoms with Crippen LogP contribution in [-0.2, 0) is 23.1 Å². The molecule has 0 aliphatic heterocycles. The van der Waals surface area contributed by atoms with Crippen LogP contribution in [0.4, 0.5) is 11.4 Å². The van der Waals surface area contributed by atoms with Crippen molar-refractivity contribution in [2.24, 2.45) is 7.05 Å². The van der Waals surface area contributed by atoms with E-state index >= 15 is 0 Å². The van der Waals surface area contributed by atoms with Gasteiger partial charge in [0, 0.05) is 18.4 Å². The normalized spacial score (nSPS) is 10.7. The molecule has 0 saturated carbocycles. The highest BCUT2D eigenvalue weighted by Gasteiger charge is 2.15. The molecule has 0 atom stereocenters. The lowest BCUT2D eigenvalue weighted by molar-refractivity contribution is -0.116. The third kappa shape index (κ3) is 5.98. The first-order chi connectivity index (χ1) is 14.3. The Hall–Kier alpha value is -2.55. The molecular formula is C20H19Cl2N5O2S. The number of hydrogen-bond donors (Lipinski definition) is 2. The molecule has 0 radical (unpaired) electrons. The minimum Gasteiger partial charge on any atom is -0.326 e. The molecule has 2 amide bonds. The molecule has 0 aliphatic rings. The largest absolute Gasteiger partial charge is 0.326 e. The Morgan fingerprint density at radius 2 is 1.63 bits per heavy atom. The number of carbonyl (C=O) groups excluding carboxylic acids is 2. The van der Waals surface area contributed by atoms with Crippen molar-refractivity contribution in [3.05, 3.63) is 63.9 Å². The molecule has 0 bridgehead atoms. The summed E-state index contributed by atoms with van der Waals surface area (Å²) in [6.07, 6.45) is 0.0768. The van der Waals surface area contributed by atoms with Crippen LogP contribution in [-0.4, -0.2) is 32.3 Å². The summed E-state index contributed by atoms with van der Waals surface area (Å²) in [5.41, 5.74) is 2.40. The number of rotatable bonds is 7. The molecule has 0 spiro atoms. The summed E-state index contributed by atoms with van der Waals surface area (Å²) in [5.74, 6) is 0.220. The van der Waals surface area contributed by atoms with Crippen molar-refractivity contribution in [2.45, 2.75) is 18.5 Å². The van der Waals surface area contributed by atoms with E-state index in [1.807, 2.05) is 31.2 Å². The van der Waals surface area contributed by atoms with Crippen molar-refractivity contribution >= 4 is 58.2 Å². The molecule has 1 heterocycles. The maximum atomic E-state index is 12.3. The number of aryl methyl sites for hydroxylation is 1. The summed E-state index contributed by atoms with van der Waals surface area (Å²) < 4.78 is 1.70. The van der Waals surface area contributed by atoms with Crippen molar-refractivity contribution < 1.29 is 9.59 Å². The number of carbonyl (C=O) groups is 2. The third-order valence-corrected chi connectivity index (χ3v) is 5.87. The van der Waals surface area contributed by atoms with Crippen LogP contribution in [0.3, 0.4) is 0 Å². The number of hydrogen-bond acceptors (Lipinski definition) is 5. The van der Waals surface area contributed by atoms with Crippen molar-refractivity contribution in [3.8, 4) is 0 Å². The molecule has 30 heavy (non-hydrogen) atoms. The molecule has 7 nitrogen and oxygen atoms in total. The van der Waals surface area contributed by atoms with Crippen molar-refractivity contribution in [1.29, 1.82) is 0 Å². The molecule has 10 heteroatoms. The van der Waals surface area contributed by atoms with Gasteiger partial charge in [0.25, 0.3) is 0 Å². The van der Waals surface area contributed by atoms with Gasteiger partial charge in [-0.05, 0) is 37.3 Å². The first-order valence-corrected chi connectivity index (χ1v) is 10.7. The average molecular weight is 464 g/mol. The summed E-state index contributed by atoms with van der Waals surface area (Å²) in [4.78, 5) is 24.4. The summed E-state index contributed by atoms with van der Waals surface area (Å²) in [7, 11) is 1.76. The van der Waals surface area contributed by atoms with Gasteiger partial charge in [-0.1, -0.05) is 52.7 Å². The second-order valence-electron chi connectivity index (χ2n) is 6.51. The summed E-state index contributed by atoms with van der Waals surface area (Å²) in [5, 5.41) is 15.0. The maximum absolute atomic E-state index is 12.3. The van der Waals surface area contributed by atoms with E-state index < -0.39 is 0 Å². The highest BCUT2D eigenvalue weighted by molar-refractivity contribution is 7.99. The monoisotopic (exact) mass is 463 g/mol. The molecular weight excluding hydrogens is 445 g/mol. The quantitative estimate of drug-likeness (QED) is 0.508. The first kappa shape index (κ1) is 22.1. The van der Waals surface area contributed by atoms with Crippen LogP contribution in [0.1, 0.15) is 11.4 Å². The maximum Gasteiger partial charge on any atom is 0.234 e. The zero-order valence-corrected chi connectivity index (χ0v) is 18.6. The second kappa shape index (κ2) is 9.97. The first-order valence-electron chi connectivity index (χ1n) is 8.94. The van der Waals surface area contributed by atoms with E-state index in [0.717, 1.165) is 11.3 Å². The smallest absolute Gasteiger partial charge is 0.234 e. The highest BCUT2D eigenvalue weighted by Crippen LogP contribution is 2.25. The number of nitrogens with zero attached hydrogens (tertiary/aromatic N) is 3. The zero-order chi connectivity index (χ0) is 21.7. The summed E-state index contributed by atoms with van der Waals surface area (Å²) in [6.45, 7) is 1.98. The lowest BCUT2D eigenvalue weighted by Gasteiger charge is -2.07. The summed E-state index contributed by atoms with van der Waals surface area (Å²) >= 11 is 13.0. The van der Waals surface area contributed by atoms with E-state index in [9.17, 15) is 9.59 Å². The molecule has 2 N–H and O–H groups in total. The Labute approximate surface area is 188 Å². The number of nitrogens with one attached hydrogen (secondary N) is 2. The Bertz CT molecular complexity index is 1070. The van der Waals surface area contributed by atoms with Gasteiger partial charge in [-0.3, -0.25) is 9.59 Å². The van der Waals surface area contributed by atoms with E-state index in [-0.39, 0.29) is 24.0 Å². The minimum absolute atomic E-state index is 0.0768. The lowest BCUT2D eigenvalue weighted by Crippen LogP contribution is -2.17. The van der Waals surface area contributed by atoms with Crippen LogP contribution >= 0.6 is 35.0 Å². The Balaban J connectivity index is 1.53. The van der Waals surface area contributed by atoms with E-state index in [0.29, 0.717) is 26.7 Å². The summed E-state index contributed by atoms with van der Waals surface area (Å²) in [6, 6.07) is 12.4. The van der Waals surface area contributed by atoms with Crippen molar-refractivity contribution in [1.82, 2.24) is 14.8 Å². The molecule has 2 aromatic carbocycles. The third-order valence-electron chi connectivity index (χ3n) is 4.11. The lowest BCUT2D eigenvalue weighted by atomic mass is 10.2.